The minimum atomic E-state index is -1.49. The summed E-state index contributed by atoms with van der Waals surface area (Å²) >= 11 is 0. The monoisotopic (exact) mass is 291 g/mol. The summed E-state index contributed by atoms with van der Waals surface area (Å²) in [7, 11) is -0.00979. The Hall–Kier alpha value is -2.08. The molecular formula is C14H17N3O2S. The van der Waals surface area contributed by atoms with Gasteiger partial charge in [-0.2, -0.15) is 0 Å². The van der Waals surface area contributed by atoms with E-state index >= 15 is 0 Å². The number of para-hydroxylation sites is 1. The first kappa shape index (κ1) is 14.3. The van der Waals surface area contributed by atoms with Gasteiger partial charge in [0.25, 0.3) is 0 Å². The van der Waals surface area contributed by atoms with Crippen LogP contribution < -0.4 is 15.2 Å². The fourth-order valence-electron chi connectivity index (χ4n) is 1.86. The topological polar surface area (TPSA) is 77.2 Å². The highest BCUT2D eigenvalue weighted by atomic mass is 32.2. The molecule has 0 aliphatic rings. The van der Waals surface area contributed by atoms with Crippen LogP contribution in [0.1, 0.15) is 11.1 Å². The number of hydrogen-bond acceptors (Lipinski definition) is 4. The molecule has 0 spiro atoms. The van der Waals surface area contributed by atoms with Crippen molar-refractivity contribution in [3.8, 4) is 5.88 Å². The van der Waals surface area contributed by atoms with Gasteiger partial charge in [0.15, 0.2) is 11.0 Å². The summed E-state index contributed by atoms with van der Waals surface area (Å²) in [5.74, 6) is 0.302. The Labute approximate surface area is 120 Å². The second-order valence-electron chi connectivity index (χ2n) is 4.41. The standard InChI is InChI=1S/C14H17N3O2S/c1-9-5-4-6-10(2)13(9)17-20(18)12-7-11(15)8-16-14(12)19-3/h4-8,17H,15H2,1-3H3. The number of benzene rings is 1. The van der Waals surface area contributed by atoms with Crippen molar-refractivity contribution in [1.82, 2.24) is 4.98 Å². The van der Waals surface area contributed by atoms with E-state index in [1.54, 1.807) is 6.07 Å². The molecule has 1 unspecified atom stereocenters. The molecule has 20 heavy (non-hydrogen) atoms. The van der Waals surface area contributed by atoms with E-state index in [1.807, 2.05) is 32.0 Å². The van der Waals surface area contributed by atoms with E-state index in [4.69, 9.17) is 10.5 Å². The van der Waals surface area contributed by atoms with Crippen molar-refractivity contribution in [2.45, 2.75) is 18.7 Å². The molecule has 3 N–H and O–H groups in total. The Balaban J connectivity index is 2.35. The number of ether oxygens (including phenoxy) is 1. The third kappa shape index (κ3) is 2.91. The van der Waals surface area contributed by atoms with Crippen LogP contribution in [0.3, 0.4) is 0 Å². The SMILES string of the molecule is COc1ncc(N)cc1S(=O)Nc1c(C)cccc1C. The van der Waals surface area contributed by atoms with Gasteiger partial charge in [-0.3, -0.25) is 0 Å². The van der Waals surface area contributed by atoms with Crippen molar-refractivity contribution in [3.05, 3.63) is 41.6 Å². The van der Waals surface area contributed by atoms with E-state index in [0.717, 1.165) is 16.8 Å². The molecule has 0 fully saturated rings. The van der Waals surface area contributed by atoms with Crippen molar-refractivity contribution in [3.63, 3.8) is 0 Å². The summed E-state index contributed by atoms with van der Waals surface area (Å²) in [6.45, 7) is 3.92. The fraction of sp³-hybridized carbons (Fsp3) is 0.214. The van der Waals surface area contributed by atoms with Crippen molar-refractivity contribution in [1.29, 1.82) is 0 Å². The quantitative estimate of drug-likeness (QED) is 0.907. The van der Waals surface area contributed by atoms with Crippen LogP contribution in [0.2, 0.25) is 0 Å². The van der Waals surface area contributed by atoms with Crippen molar-refractivity contribution in [2.75, 3.05) is 17.6 Å². The number of nitrogens with zero attached hydrogens (tertiary/aromatic N) is 1. The summed E-state index contributed by atoms with van der Waals surface area (Å²) in [4.78, 5) is 4.45. The summed E-state index contributed by atoms with van der Waals surface area (Å²) in [5.41, 5.74) is 9.02. The van der Waals surface area contributed by atoms with Gasteiger partial charge in [0.2, 0.25) is 5.88 Å². The number of aromatic nitrogens is 1. The van der Waals surface area contributed by atoms with E-state index in [1.165, 1.54) is 13.3 Å². The van der Waals surface area contributed by atoms with E-state index in [9.17, 15) is 4.21 Å². The first-order chi connectivity index (χ1) is 9.52. The molecule has 1 atom stereocenters. The summed E-state index contributed by atoms with van der Waals surface area (Å²) in [5, 5.41) is 0. The molecule has 0 amide bonds. The van der Waals surface area contributed by atoms with Crippen LogP contribution in [-0.4, -0.2) is 16.3 Å². The van der Waals surface area contributed by atoms with Gasteiger partial charge in [0, 0.05) is 0 Å². The second-order valence-corrected chi connectivity index (χ2v) is 5.60. The largest absolute Gasteiger partial charge is 0.480 e. The van der Waals surface area contributed by atoms with Crippen molar-refractivity contribution in [2.24, 2.45) is 0 Å². The number of nitrogens with one attached hydrogen (secondary N) is 1. The molecule has 0 saturated carbocycles. The first-order valence-corrected chi connectivity index (χ1v) is 7.22. The third-order valence-electron chi connectivity index (χ3n) is 2.91. The summed E-state index contributed by atoms with van der Waals surface area (Å²) in [6.07, 6.45) is 1.47. The highest BCUT2D eigenvalue weighted by Crippen LogP contribution is 2.25. The van der Waals surface area contributed by atoms with Gasteiger partial charge in [0.05, 0.1) is 24.7 Å². The maximum atomic E-state index is 12.5. The second kappa shape index (κ2) is 5.92. The predicted molar refractivity (Wildman–Crippen MR) is 81.1 cm³/mol. The summed E-state index contributed by atoms with van der Waals surface area (Å²) in [6, 6.07) is 7.48. The molecule has 0 aliphatic carbocycles. The van der Waals surface area contributed by atoms with Crippen LogP contribution in [-0.2, 0) is 11.0 Å². The number of pyridine rings is 1. The van der Waals surface area contributed by atoms with E-state index in [2.05, 4.69) is 9.71 Å². The van der Waals surface area contributed by atoms with Gasteiger partial charge in [-0.15, -0.1) is 0 Å². The molecule has 1 aromatic carbocycles. The molecule has 2 aromatic rings. The average molecular weight is 291 g/mol. The lowest BCUT2D eigenvalue weighted by molar-refractivity contribution is 0.386. The van der Waals surface area contributed by atoms with Crippen LogP contribution in [0.5, 0.6) is 5.88 Å². The van der Waals surface area contributed by atoms with Gasteiger partial charge in [-0.25, -0.2) is 9.19 Å². The third-order valence-corrected chi connectivity index (χ3v) is 3.99. The highest BCUT2D eigenvalue weighted by molar-refractivity contribution is 7.86. The lowest BCUT2D eigenvalue weighted by Crippen LogP contribution is -2.10. The molecule has 0 saturated heterocycles. The minimum absolute atomic E-state index is 0.302. The molecule has 6 heteroatoms. The van der Waals surface area contributed by atoms with Gasteiger partial charge >= 0.3 is 0 Å². The molecule has 1 aromatic heterocycles. The van der Waals surface area contributed by atoms with Crippen molar-refractivity contribution < 1.29 is 8.95 Å². The van der Waals surface area contributed by atoms with Crippen LogP contribution in [0, 0.1) is 13.8 Å². The van der Waals surface area contributed by atoms with Gasteiger partial charge < -0.3 is 15.2 Å². The molecule has 0 aliphatic heterocycles. The number of nitrogens with two attached hydrogens (primary N) is 1. The first-order valence-electron chi connectivity index (χ1n) is 6.07. The molecule has 5 nitrogen and oxygen atoms in total. The summed E-state index contributed by atoms with van der Waals surface area (Å²) < 4.78 is 20.6. The zero-order valence-corrected chi connectivity index (χ0v) is 12.5. The molecule has 106 valence electrons. The van der Waals surface area contributed by atoms with Gasteiger partial charge in [-0.05, 0) is 31.0 Å². The lowest BCUT2D eigenvalue weighted by Gasteiger charge is -2.13. The molecule has 0 bridgehead atoms. The smallest absolute Gasteiger partial charge is 0.231 e. The van der Waals surface area contributed by atoms with Crippen LogP contribution in [0.15, 0.2) is 35.4 Å². The Morgan fingerprint density at radius 2 is 1.95 bits per heavy atom. The number of rotatable bonds is 4. The number of anilines is 2. The van der Waals surface area contributed by atoms with Crippen molar-refractivity contribution >= 4 is 22.4 Å². The number of aryl methyl sites for hydroxylation is 2. The zero-order chi connectivity index (χ0) is 14.7. The maximum Gasteiger partial charge on any atom is 0.231 e. The van der Waals surface area contributed by atoms with E-state index in [0.29, 0.717) is 16.5 Å². The zero-order valence-electron chi connectivity index (χ0n) is 11.6. The Morgan fingerprint density at radius 1 is 1.30 bits per heavy atom. The average Bonchev–Trinajstić information content (AvgIpc) is 2.43. The number of nitrogen functional groups attached to an aromatic ring is 1. The normalized spacial score (nSPS) is 11.9. The Bertz CT molecular complexity index is 639. The maximum absolute atomic E-state index is 12.5. The molecular weight excluding hydrogens is 274 g/mol. The van der Waals surface area contributed by atoms with Gasteiger partial charge in [-0.1, -0.05) is 18.2 Å². The van der Waals surface area contributed by atoms with E-state index in [-0.39, 0.29) is 0 Å². The van der Waals surface area contributed by atoms with Crippen LogP contribution in [0.4, 0.5) is 11.4 Å². The molecule has 0 radical (unpaired) electrons. The minimum Gasteiger partial charge on any atom is -0.480 e. The Morgan fingerprint density at radius 3 is 2.55 bits per heavy atom. The molecule has 1 heterocycles. The lowest BCUT2D eigenvalue weighted by atomic mass is 10.1. The number of methoxy groups -OCH3 is 1. The number of hydrogen-bond donors (Lipinski definition) is 2. The Kier molecular flexibility index (Phi) is 4.24. The van der Waals surface area contributed by atoms with Gasteiger partial charge in [0.1, 0.15) is 4.90 Å². The highest BCUT2D eigenvalue weighted by Gasteiger charge is 2.14. The van der Waals surface area contributed by atoms with E-state index < -0.39 is 11.0 Å². The fourth-order valence-corrected chi connectivity index (χ4v) is 3.01. The molecule has 2 rings (SSSR count). The van der Waals surface area contributed by atoms with Crippen LogP contribution in [0.25, 0.3) is 0 Å². The van der Waals surface area contributed by atoms with Crippen LogP contribution >= 0.6 is 0 Å². The predicted octanol–water partition coefficient (Wildman–Crippen LogP) is 2.42.